The fourth-order valence-electron chi connectivity index (χ4n) is 3.36. The predicted octanol–water partition coefficient (Wildman–Crippen LogP) is 2.33. The van der Waals surface area contributed by atoms with E-state index in [0.29, 0.717) is 22.7 Å². The molecule has 7 heteroatoms. The standard InChI is InChI=1S/C18H25N3O3S/c1-12(2)7-9-20-17(23)16-14(8-10-25-16)21(18(20)24)11-15(22)19-13-5-3-4-6-13/h8,10,12-13H,3-7,9,11H2,1-2H3,(H,19,22). The van der Waals surface area contributed by atoms with Crippen LogP contribution in [0.1, 0.15) is 46.0 Å². The van der Waals surface area contributed by atoms with Crippen molar-refractivity contribution in [3.05, 3.63) is 32.3 Å². The maximum atomic E-state index is 12.8. The molecule has 0 bridgehead atoms. The molecule has 3 rings (SSSR count). The topological polar surface area (TPSA) is 73.1 Å². The zero-order valence-electron chi connectivity index (χ0n) is 14.8. The van der Waals surface area contributed by atoms with Crippen LogP contribution in [0.5, 0.6) is 0 Å². The van der Waals surface area contributed by atoms with Gasteiger partial charge in [-0.05, 0) is 36.6 Å². The minimum atomic E-state index is -0.391. The van der Waals surface area contributed by atoms with Crippen molar-refractivity contribution in [2.24, 2.45) is 5.92 Å². The van der Waals surface area contributed by atoms with Gasteiger partial charge in [-0.1, -0.05) is 26.7 Å². The van der Waals surface area contributed by atoms with Crippen molar-refractivity contribution in [1.29, 1.82) is 0 Å². The average molecular weight is 363 g/mol. The van der Waals surface area contributed by atoms with Crippen LogP contribution in [0.15, 0.2) is 21.0 Å². The van der Waals surface area contributed by atoms with Crippen molar-refractivity contribution in [1.82, 2.24) is 14.5 Å². The summed E-state index contributed by atoms with van der Waals surface area (Å²) in [6.07, 6.45) is 5.03. The summed E-state index contributed by atoms with van der Waals surface area (Å²) >= 11 is 1.32. The van der Waals surface area contributed by atoms with Crippen LogP contribution in [0.2, 0.25) is 0 Å². The third-order valence-corrected chi connectivity index (χ3v) is 5.68. The lowest BCUT2D eigenvalue weighted by atomic mass is 10.1. The number of nitrogens with one attached hydrogen (secondary N) is 1. The van der Waals surface area contributed by atoms with Crippen LogP contribution in [0, 0.1) is 5.92 Å². The zero-order chi connectivity index (χ0) is 18.0. The highest BCUT2D eigenvalue weighted by atomic mass is 32.1. The van der Waals surface area contributed by atoms with Gasteiger partial charge in [0.25, 0.3) is 5.56 Å². The van der Waals surface area contributed by atoms with Gasteiger partial charge in [-0.15, -0.1) is 11.3 Å². The summed E-state index contributed by atoms with van der Waals surface area (Å²) in [5.74, 6) is 0.236. The molecule has 0 aromatic carbocycles. The van der Waals surface area contributed by atoms with Crippen molar-refractivity contribution in [3.8, 4) is 0 Å². The molecule has 1 fully saturated rings. The molecule has 0 radical (unpaired) electrons. The summed E-state index contributed by atoms with van der Waals surface area (Å²) in [7, 11) is 0. The number of thiophene rings is 1. The Kier molecular flexibility index (Phi) is 5.42. The summed E-state index contributed by atoms with van der Waals surface area (Å²) in [6, 6.07) is 1.96. The van der Waals surface area contributed by atoms with Crippen LogP contribution in [-0.2, 0) is 17.9 Å². The molecule has 2 aromatic heterocycles. The molecule has 1 aliphatic carbocycles. The Labute approximate surface area is 150 Å². The summed E-state index contributed by atoms with van der Waals surface area (Å²) in [5.41, 5.74) is -0.0800. The molecule has 2 heterocycles. The van der Waals surface area contributed by atoms with Crippen LogP contribution in [0.4, 0.5) is 0 Å². The largest absolute Gasteiger partial charge is 0.352 e. The minimum absolute atomic E-state index is 0.0372. The second-order valence-electron chi connectivity index (χ2n) is 7.19. The molecule has 2 aromatic rings. The van der Waals surface area contributed by atoms with Gasteiger partial charge in [0, 0.05) is 12.6 Å². The normalized spacial score (nSPS) is 15.3. The van der Waals surface area contributed by atoms with Crippen molar-refractivity contribution < 1.29 is 4.79 Å². The third-order valence-electron chi connectivity index (χ3n) is 4.79. The lowest BCUT2D eigenvalue weighted by molar-refractivity contribution is -0.122. The van der Waals surface area contributed by atoms with Crippen LogP contribution in [-0.4, -0.2) is 21.1 Å². The molecule has 0 spiro atoms. The van der Waals surface area contributed by atoms with Crippen LogP contribution >= 0.6 is 11.3 Å². The van der Waals surface area contributed by atoms with Gasteiger partial charge in [0.15, 0.2) is 0 Å². The number of aromatic nitrogens is 2. The van der Waals surface area contributed by atoms with E-state index in [2.05, 4.69) is 19.2 Å². The highest BCUT2D eigenvalue weighted by Gasteiger charge is 2.20. The van der Waals surface area contributed by atoms with Crippen LogP contribution in [0.3, 0.4) is 0 Å². The maximum absolute atomic E-state index is 12.8. The highest BCUT2D eigenvalue weighted by molar-refractivity contribution is 7.17. The lowest BCUT2D eigenvalue weighted by Crippen LogP contribution is -2.43. The molecule has 0 saturated heterocycles. The Morgan fingerprint density at radius 2 is 2.00 bits per heavy atom. The van der Waals surface area contributed by atoms with Crippen LogP contribution in [0.25, 0.3) is 10.2 Å². The van der Waals surface area contributed by atoms with Gasteiger partial charge >= 0.3 is 5.69 Å². The minimum Gasteiger partial charge on any atom is -0.352 e. The Hall–Kier alpha value is -1.89. The van der Waals surface area contributed by atoms with Crippen molar-refractivity contribution >= 4 is 27.5 Å². The van der Waals surface area contributed by atoms with E-state index in [1.165, 1.54) is 20.5 Å². The molecule has 0 unspecified atom stereocenters. The number of fused-ring (bicyclic) bond motifs is 1. The molecule has 136 valence electrons. The molecule has 1 N–H and O–H groups in total. The van der Waals surface area contributed by atoms with E-state index in [9.17, 15) is 14.4 Å². The van der Waals surface area contributed by atoms with Gasteiger partial charge in [-0.2, -0.15) is 0 Å². The van der Waals surface area contributed by atoms with E-state index in [0.717, 1.165) is 32.1 Å². The zero-order valence-corrected chi connectivity index (χ0v) is 15.6. The number of hydrogen-bond acceptors (Lipinski definition) is 4. The van der Waals surface area contributed by atoms with Gasteiger partial charge in [0.05, 0.1) is 5.52 Å². The summed E-state index contributed by atoms with van der Waals surface area (Å²) in [6.45, 7) is 4.46. The number of nitrogens with zero attached hydrogens (tertiary/aromatic N) is 2. The molecule has 1 saturated carbocycles. The summed E-state index contributed by atoms with van der Waals surface area (Å²) < 4.78 is 3.26. The van der Waals surface area contributed by atoms with Crippen LogP contribution < -0.4 is 16.6 Å². The summed E-state index contributed by atoms with van der Waals surface area (Å²) in [5, 5.41) is 4.81. The number of carbonyl (C=O) groups is 1. The molecule has 6 nitrogen and oxygen atoms in total. The van der Waals surface area contributed by atoms with Gasteiger partial charge in [-0.3, -0.25) is 18.7 Å². The molecule has 1 amide bonds. The summed E-state index contributed by atoms with van der Waals surface area (Å²) in [4.78, 5) is 37.8. The van der Waals surface area contributed by atoms with Gasteiger partial charge in [0.1, 0.15) is 11.2 Å². The van der Waals surface area contributed by atoms with Crippen molar-refractivity contribution in [2.75, 3.05) is 0 Å². The van der Waals surface area contributed by atoms with Crippen molar-refractivity contribution in [2.45, 2.75) is 65.1 Å². The van der Waals surface area contributed by atoms with Crippen molar-refractivity contribution in [3.63, 3.8) is 0 Å². The van der Waals surface area contributed by atoms with E-state index in [4.69, 9.17) is 0 Å². The number of hydrogen-bond donors (Lipinski definition) is 1. The van der Waals surface area contributed by atoms with Gasteiger partial charge in [-0.25, -0.2) is 4.79 Å². The molecular formula is C18H25N3O3S. The molecule has 25 heavy (non-hydrogen) atoms. The van der Waals surface area contributed by atoms with E-state index < -0.39 is 5.69 Å². The van der Waals surface area contributed by atoms with E-state index in [1.54, 1.807) is 11.4 Å². The SMILES string of the molecule is CC(C)CCn1c(=O)c2sccc2n(CC(=O)NC2CCCC2)c1=O. The first-order chi connectivity index (χ1) is 12.0. The lowest BCUT2D eigenvalue weighted by Gasteiger charge is -2.15. The Morgan fingerprint density at radius 3 is 2.68 bits per heavy atom. The number of rotatable bonds is 6. The molecule has 1 aliphatic rings. The fraction of sp³-hybridized carbons (Fsp3) is 0.611. The second kappa shape index (κ2) is 7.56. The fourth-order valence-corrected chi connectivity index (χ4v) is 4.20. The third kappa shape index (κ3) is 3.86. The smallest absolute Gasteiger partial charge is 0.332 e. The van der Waals surface area contributed by atoms with Gasteiger partial charge < -0.3 is 5.32 Å². The quantitative estimate of drug-likeness (QED) is 0.856. The maximum Gasteiger partial charge on any atom is 0.332 e. The highest BCUT2D eigenvalue weighted by Crippen LogP contribution is 2.18. The Morgan fingerprint density at radius 1 is 1.28 bits per heavy atom. The number of amides is 1. The second-order valence-corrected chi connectivity index (χ2v) is 8.11. The molecular weight excluding hydrogens is 338 g/mol. The first kappa shape index (κ1) is 17.9. The van der Waals surface area contributed by atoms with Gasteiger partial charge in [0.2, 0.25) is 5.91 Å². The van der Waals surface area contributed by atoms with E-state index in [-0.39, 0.29) is 24.1 Å². The van der Waals surface area contributed by atoms with E-state index in [1.807, 2.05) is 0 Å². The van der Waals surface area contributed by atoms with E-state index >= 15 is 0 Å². The molecule has 0 aliphatic heterocycles. The Bertz CT molecular complexity index is 872. The Balaban J connectivity index is 1.93. The average Bonchev–Trinajstić information content (AvgIpc) is 3.22. The predicted molar refractivity (Wildman–Crippen MR) is 100 cm³/mol. The first-order valence-electron chi connectivity index (χ1n) is 8.97. The number of carbonyl (C=O) groups excluding carboxylic acids is 1. The first-order valence-corrected chi connectivity index (χ1v) is 9.85. The monoisotopic (exact) mass is 363 g/mol. The molecule has 0 atom stereocenters.